The second kappa shape index (κ2) is 20.0. The number of benzene rings is 3. The normalized spacial score (nSPS) is 18.6. The highest BCUT2D eigenvalue weighted by atomic mass is 32.1. The Hall–Kier alpha value is -6.40. The molecule has 0 radical (unpaired) electrons. The number of amides is 3. The lowest BCUT2D eigenvalue weighted by atomic mass is 9.85. The summed E-state index contributed by atoms with van der Waals surface area (Å²) in [5, 5.41) is 26.8. The molecule has 6 heterocycles. The van der Waals surface area contributed by atoms with Gasteiger partial charge in [-0.2, -0.15) is 0 Å². The molecule has 15 nitrogen and oxygen atoms in total. The number of esters is 1. The van der Waals surface area contributed by atoms with Crippen molar-refractivity contribution in [3.05, 3.63) is 128 Å². The molecule has 3 N–H and O–H groups in total. The number of aryl methyl sites for hydroxylation is 3. The Morgan fingerprint density at radius 1 is 0.930 bits per heavy atom. The standard InChI is InChI=1S/C54H61N9O6S2/c1-29-32(4)71-53-46(29)47(57-42(24-45(66)69-9)50-60-59-33(5)63(50)53)36-17-15-35(16-18-36)40-12-10-11-38-25-61(22-21-41(38)40)27-44(65)58-49(54(6,7)8)52(68)62-26-39(64)23-43(62)51(67)56-30(2)34-13-19-37(20-14-34)48-31(3)55-28-70-48/h10-20,28,30,39,42-43,49,64H,21-27H2,1-9H3,(H,56,67)(H,58,65)/t30-,39+,42-,43-,49+/m0/s1. The summed E-state index contributed by atoms with van der Waals surface area (Å²) in [7, 11) is 1.38. The number of aromatic nitrogens is 4. The number of aliphatic hydroxyl groups is 1. The van der Waals surface area contributed by atoms with Gasteiger partial charge in [-0.1, -0.05) is 87.5 Å². The van der Waals surface area contributed by atoms with Crippen LogP contribution >= 0.6 is 22.7 Å². The van der Waals surface area contributed by atoms with Crippen molar-refractivity contribution in [1.29, 1.82) is 0 Å². The molecule has 3 aromatic heterocycles. The van der Waals surface area contributed by atoms with E-state index in [0.717, 1.165) is 78.0 Å². The third-order valence-electron chi connectivity index (χ3n) is 14.1. The Kier molecular flexibility index (Phi) is 14.0. The molecule has 3 amide bonds. The van der Waals surface area contributed by atoms with Gasteiger partial charge >= 0.3 is 5.97 Å². The maximum absolute atomic E-state index is 14.4. The fraction of sp³-hybridized carbons (Fsp3) is 0.407. The van der Waals surface area contributed by atoms with E-state index >= 15 is 0 Å². The number of carbonyl (C=O) groups excluding carboxylic acids is 4. The van der Waals surface area contributed by atoms with E-state index in [4.69, 9.17) is 9.73 Å². The van der Waals surface area contributed by atoms with Crippen molar-refractivity contribution < 1.29 is 29.0 Å². The summed E-state index contributed by atoms with van der Waals surface area (Å²) in [4.78, 5) is 70.2. The van der Waals surface area contributed by atoms with Gasteiger partial charge in [0.2, 0.25) is 17.7 Å². The minimum Gasteiger partial charge on any atom is -0.469 e. The summed E-state index contributed by atoms with van der Waals surface area (Å²) in [5.74, 6) is -0.0791. The first-order valence-electron chi connectivity index (χ1n) is 24.1. The molecule has 1 saturated heterocycles. The van der Waals surface area contributed by atoms with Crippen LogP contribution in [0.25, 0.3) is 26.6 Å². The number of thiazole rings is 1. The molecule has 1 fully saturated rings. The van der Waals surface area contributed by atoms with Crippen LogP contribution in [0.4, 0.5) is 0 Å². The van der Waals surface area contributed by atoms with Crippen LogP contribution in [0.3, 0.4) is 0 Å². The van der Waals surface area contributed by atoms with Crippen molar-refractivity contribution in [2.24, 2.45) is 10.4 Å². The predicted octanol–water partition coefficient (Wildman–Crippen LogP) is 7.54. The topological polar surface area (TPSA) is 184 Å². The number of ether oxygens (including phenoxy) is 1. The van der Waals surface area contributed by atoms with Gasteiger partial charge in [0.05, 0.1) is 54.0 Å². The average molecular weight is 996 g/mol. The summed E-state index contributed by atoms with van der Waals surface area (Å²) in [6.45, 7) is 16.9. The monoisotopic (exact) mass is 995 g/mol. The quantitative estimate of drug-likeness (QED) is 0.104. The van der Waals surface area contributed by atoms with Crippen molar-refractivity contribution in [3.63, 3.8) is 0 Å². The first-order chi connectivity index (χ1) is 33.9. The van der Waals surface area contributed by atoms with Crippen molar-refractivity contribution in [2.45, 2.75) is 111 Å². The first kappa shape index (κ1) is 49.6. The molecule has 3 aliphatic rings. The van der Waals surface area contributed by atoms with E-state index in [1.54, 1.807) is 22.7 Å². The molecule has 3 aromatic carbocycles. The zero-order valence-electron chi connectivity index (χ0n) is 41.7. The maximum Gasteiger partial charge on any atom is 0.308 e. The molecule has 370 valence electrons. The summed E-state index contributed by atoms with van der Waals surface area (Å²) >= 11 is 3.25. The van der Waals surface area contributed by atoms with Gasteiger partial charge < -0.3 is 25.4 Å². The Morgan fingerprint density at radius 3 is 2.34 bits per heavy atom. The van der Waals surface area contributed by atoms with Gasteiger partial charge in [0.25, 0.3) is 0 Å². The van der Waals surface area contributed by atoms with E-state index in [9.17, 15) is 24.3 Å². The number of likely N-dealkylation sites (tertiary alicyclic amines) is 1. The lowest BCUT2D eigenvalue weighted by Crippen LogP contribution is -2.58. The number of thiophene rings is 1. The molecule has 5 atom stereocenters. The van der Waals surface area contributed by atoms with E-state index in [0.29, 0.717) is 18.9 Å². The molecular weight excluding hydrogens is 935 g/mol. The molecule has 0 unspecified atom stereocenters. The molecule has 9 rings (SSSR count). The van der Waals surface area contributed by atoms with Gasteiger partial charge in [-0.15, -0.1) is 32.9 Å². The SMILES string of the molecule is COC(=O)C[C@@H]1N=C(c2ccc(-c3cccc4c3CCN(CC(=O)N[C@H](C(=O)N3C[C@H](O)C[C@H]3C(=O)N[C@@H](C)c3ccc(-c5scnc5C)cc3)C(C)(C)C)C4)cc2)c2c(sc(C)c2C)-n2c(C)nnc21. The number of aliphatic imine (C=N–C) groups is 1. The molecule has 0 spiro atoms. The largest absolute Gasteiger partial charge is 0.469 e. The van der Waals surface area contributed by atoms with E-state index < -0.39 is 35.6 Å². The molecule has 0 bridgehead atoms. The van der Waals surface area contributed by atoms with E-state index in [-0.39, 0.29) is 49.8 Å². The molecular formula is C54H61N9O6S2. The van der Waals surface area contributed by atoms with Crippen LogP contribution in [-0.2, 0) is 36.9 Å². The second-order valence-electron chi connectivity index (χ2n) is 20.0. The zero-order chi connectivity index (χ0) is 50.5. The first-order valence-corrected chi connectivity index (χ1v) is 25.8. The fourth-order valence-corrected chi connectivity index (χ4v) is 12.1. The van der Waals surface area contributed by atoms with Gasteiger partial charge in [0.1, 0.15) is 29.0 Å². The smallest absolute Gasteiger partial charge is 0.308 e. The number of β-amino-alcohol motifs (C(OH)–C–C–N with tert-alkyl or cyclic N) is 1. The zero-order valence-corrected chi connectivity index (χ0v) is 43.3. The summed E-state index contributed by atoms with van der Waals surface area (Å²) < 4.78 is 7.09. The van der Waals surface area contributed by atoms with Gasteiger partial charge in [-0.25, -0.2) is 4.98 Å². The Morgan fingerprint density at radius 2 is 1.65 bits per heavy atom. The molecule has 0 saturated carbocycles. The number of nitrogens with one attached hydrogen (secondary N) is 2. The molecule has 0 aliphatic carbocycles. The van der Waals surface area contributed by atoms with Crippen LogP contribution in [0.15, 0.2) is 77.2 Å². The van der Waals surface area contributed by atoms with Crippen LogP contribution in [0.2, 0.25) is 0 Å². The van der Waals surface area contributed by atoms with E-state index in [2.05, 4.69) is 81.0 Å². The van der Waals surface area contributed by atoms with Crippen molar-refractivity contribution in [3.8, 4) is 26.6 Å². The summed E-state index contributed by atoms with van der Waals surface area (Å²) in [6, 6.07) is 19.9. The minimum atomic E-state index is -0.937. The number of methoxy groups -OCH3 is 1. The second-order valence-corrected chi connectivity index (χ2v) is 22.1. The minimum absolute atomic E-state index is 0.00385. The van der Waals surface area contributed by atoms with Gasteiger partial charge in [-0.3, -0.25) is 33.6 Å². The van der Waals surface area contributed by atoms with Crippen LogP contribution in [-0.4, -0.2) is 109 Å². The number of rotatable bonds is 12. The Bertz CT molecular complexity index is 3040. The Labute approximate surface area is 422 Å². The van der Waals surface area contributed by atoms with Crippen LogP contribution in [0, 0.1) is 33.1 Å². The van der Waals surface area contributed by atoms with Gasteiger partial charge in [-0.05, 0) is 85.4 Å². The van der Waals surface area contributed by atoms with Crippen LogP contribution in [0.5, 0.6) is 0 Å². The van der Waals surface area contributed by atoms with Gasteiger partial charge in [0.15, 0.2) is 5.82 Å². The number of hydrogen-bond donors (Lipinski definition) is 3. The number of hydrogen-bond acceptors (Lipinski definition) is 13. The number of nitrogens with zero attached hydrogens (tertiary/aromatic N) is 7. The molecule has 3 aliphatic heterocycles. The average Bonchev–Trinajstić information content (AvgIpc) is 4.12. The fourth-order valence-electron chi connectivity index (χ4n) is 10.1. The number of fused-ring (bicyclic) bond motifs is 4. The lowest BCUT2D eigenvalue weighted by Gasteiger charge is -2.36. The molecule has 71 heavy (non-hydrogen) atoms. The van der Waals surface area contributed by atoms with E-state index in [1.165, 1.54) is 22.5 Å². The maximum atomic E-state index is 14.4. The predicted molar refractivity (Wildman–Crippen MR) is 276 cm³/mol. The van der Waals surface area contributed by atoms with Crippen molar-refractivity contribution in [1.82, 2.24) is 40.2 Å². The summed E-state index contributed by atoms with van der Waals surface area (Å²) in [5.41, 5.74) is 12.4. The lowest BCUT2D eigenvalue weighted by molar-refractivity contribution is -0.144. The highest BCUT2D eigenvalue weighted by molar-refractivity contribution is 7.15. The molecule has 17 heteroatoms. The van der Waals surface area contributed by atoms with Crippen LogP contribution in [0.1, 0.15) is 108 Å². The van der Waals surface area contributed by atoms with Crippen molar-refractivity contribution >= 4 is 52.1 Å². The molecule has 6 aromatic rings. The summed E-state index contributed by atoms with van der Waals surface area (Å²) in [6.07, 6.45) is -0.0213. The highest BCUT2D eigenvalue weighted by Crippen LogP contribution is 2.40. The van der Waals surface area contributed by atoms with Crippen LogP contribution < -0.4 is 10.6 Å². The number of carbonyl (C=O) groups is 4. The van der Waals surface area contributed by atoms with E-state index in [1.807, 2.05) is 82.0 Å². The van der Waals surface area contributed by atoms with Gasteiger partial charge in [0, 0.05) is 42.1 Å². The third kappa shape index (κ3) is 9.97. The third-order valence-corrected chi connectivity index (χ3v) is 16.2. The Balaban J connectivity index is 0.868. The van der Waals surface area contributed by atoms with Crippen molar-refractivity contribution in [2.75, 3.05) is 26.7 Å². The number of aliphatic hydroxyl groups excluding tert-OH is 1. The highest BCUT2D eigenvalue weighted by Gasteiger charge is 2.45.